The fourth-order valence-corrected chi connectivity index (χ4v) is 3.91. The van der Waals surface area contributed by atoms with Crippen LogP contribution in [0.1, 0.15) is 31.9 Å². The number of nitrogens with zero attached hydrogens (tertiary/aromatic N) is 1. The Morgan fingerprint density at radius 1 is 1.42 bits per heavy atom. The van der Waals surface area contributed by atoms with Gasteiger partial charge >= 0.3 is 0 Å². The number of fused-ring (bicyclic) bond motifs is 1. The van der Waals surface area contributed by atoms with Gasteiger partial charge < -0.3 is 15.6 Å². The summed E-state index contributed by atoms with van der Waals surface area (Å²) in [5, 5.41) is 11.0. The van der Waals surface area contributed by atoms with E-state index < -0.39 is 0 Å². The van der Waals surface area contributed by atoms with Crippen LogP contribution in [0.4, 0.5) is 5.69 Å². The molecule has 1 saturated heterocycles. The summed E-state index contributed by atoms with van der Waals surface area (Å²) in [7, 11) is 0. The van der Waals surface area contributed by atoms with Gasteiger partial charge in [0.05, 0.1) is 6.04 Å². The van der Waals surface area contributed by atoms with Gasteiger partial charge in [-0.05, 0) is 49.0 Å². The Kier molecular flexibility index (Phi) is 5.12. The molecule has 0 spiro atoms. The van der Waals surface area contributed by atoms with E-state index >= 15 is 0 Å². The van der Waals surface area contributed by atoms with Crippen LogP contribution in [0.25, 0.3) is 0 Å². The normalized spacial score (nSPS) is 23.3. The van der Waals surface area contributed by atoms with Crippen LogP contribution in [-0.4, -0.2) is 29.1 Å². The van der Waals surface area contributed by atoms with Gasteiger partial charge in [0.15, 0.2) is 0 Å². The van der Waals surface area contributed by atoms with Gasteiger partial charge in [0.25, 0.3) is 5.91 Å². The van der Waals surface area contributed by atoms with Crippen molar-refractivity contribution in [1.29, 1.82) is 5.41 Å². The van der Waals surface area contributed by atoms with Gasteiger partial charge in [-0.2, -0.15) is 0 Å². The molecule has 2 aliphatic heterocycles. The van der Waals surface area contributed by atoms with Crippen molar-refractivity contribution in [2.75, 3.05) is 11.9 Å². The van der Waals surface area contributed by atoms with Crippen molar-refractivity contribution in [3.8, 4) is 0 Å². The summed E-state index contributed by atoms with van der Waals surface area (Å²) in [6, 6.07) is 6.27. The second-order valence-electron chi connectivity index (χ2n) is 7.33. The number of rotatable bonds is 4. The number of anilines is 1. The first-order chi connectivity index (χ1) is 12.4. The maximum absolute atomic E-state index is 13.0. The molecule has 0 aliphatic carbocycles. The Bertz CT molecular complexity index is 819. The molecule has 0 radical (unpaired) electrons. The Hall–Kier alpha value is -2.62. The Morgan fingerprint density at radius 3 is 2.88 bits per heavy atom. The van der Waals surface area contributed by atoms with Crippen LogP contribution in [0.3, 0.4) is 0 Å². The van der Waals surface area contributed by atoms with Crippen molar-refractivity contribution in [1.82, 2.24) is 4.90 Å². The monoisotopic (exact) mass is 349 g/mol. The number of carbonyl (C=O) groups excluding carboxylic acids is 1. The lowest BCUT2D eigenvalue weighted by atomic mass is 9.99. The van der Waals surface area contributed by atoms with E-state index in [9.17, 15) is 4.79 Å². The second-order valence-corrected chi connectivity index (χ2v) is 7.33. The minimum Gasteiger partial charge on any atom is -0.351 e. The largest absolute Gasteiger partial charge is 0.351 e. The van der Waals surface area contributed by atoms with E-state index in [1.54, 1.807) is 6.08 Å². The van der Waals surface area contributed by atoms with E-state index in [1.165, 1.54) is 11.1 Å². The number of amides is 1. The number of carbonyl (C=O) groups is 1. The van der Waals surface area contributed by atoms with Crippen molar-refractivity contribution >= 4 is 17.3 Å². The van der Waals surface area contributed by atoms with Gasteiger partial charge in [0.1, 0.15) is 5.70 Å². The lowest BCUT2D eigenvalue weighted by Gasteiger charge is -2.26. The molecule has 26 heavy (non-hydrogen) atoms. The zero-order chi connectivity index (χ0) is 18.8. The SMILES string of the molecule is C=C/C=C1\C(C)CN(C(=O)C2=CCc3cc(CC(C)=N)ccc3N2)C1C. The molecule has 1 fully saturated rings. The predicted molar refractivity (Wildman–Crippen MR) is 108 cm³/mol. The topological polar surface area (TPSA) is 56.2 Å². The first-order valence-corrected chi connectivity index (χ1v) is 9.17. The molecule has 0 aromatic heterocycles. The van der Waals surface area contributed by atoms with Gasteiger partial charge in [0, 0.05) is 24.4 Å². The molecule has 0 saturated carbocycles. The summed E-state index contributed by atoms with van der Waals surface area (Å²) >= 11 is 0. The fourth-order valence-electron chi connectivity index (χ4n) is 3.91. The molecule has 136 valence electrons. The summed E-state index contributed by atoms with van der Waals surface area (Å²) in [5.41, 5.74) is 5.88. The molecule has 2 atom stereocenters. The van der Waals surface area contributed by atoms with Crippen molar-refractivity contribution in [3.63, 3.8) is 0 Å². The molecule has 1 aromatic carbocycles. The molecular formula is C22H27N3O. The van der Waals surface area contributed by atoms with E-state index in [4.69, 9.17) is 5.41 Å². The molecule has 2 unspecified atom stereocenters. The highest BCUT2D eigenvalue weighted by atomic mass is 16.2. The number of allylic oxidation sites excluding steroid dienone is 3. The average Bonchev–Trinajstić information content (AvgIpc) is 2.88. The maximum atomic E-state index is 13.0. The molecule has 4 heteroatoms. The summed E-state index contributed by atoms with van der Waals surface area (Å²) in [6.07, 6.45) is 7.23. The molecule has 2 aliphatic rings. The fraction of sp³-hybridized carbons (Fsp3) is 0.364. The molecule has 1 amide bonds. The molecule has 2 N–H and O–H groups in total. The number of nitrogens with one attached hydrogen (secondary N) is 2. The van der Waals surface area contributed by atoms with Crippen LogP contribution in [0.2, 0.25) is 0 Å². The van der Waals surface area contributed by atoms with Crippen molar-refractivity contribution in [3.05, 3.63) is 65.4 Å². The quantitative estimate of drug-likeness (QED) is 0.804. The Balaban J connectivity index is 1.76. The van der Waals surface area contributed by atoms with Gasteiger partial charge in [-0.3, -0.25) is 4.79 Å². The smallest absolute Gasteiger partial charge is 0.270 e. The standard InChI is InChI=1S/C22H27N3O/c1-5-6-19-14(2)13-25(16(19)4)22(26)21-10-8-18-12-17(11-15(3)23)7-9-20(18)24-21/h5-7,9-10,12,14,16,23-24H,1,8,11,13H2,2-4H3/b19-6+,23-15?. The minimum absolute atomic E-state index is 0.0573. The lowest BCUT2D eigenvalue weighted by molar-refractivity contribution is -0.127. The number of likely N-dealkylation sites (tertiary alicyclic amines) is 1. The van der Waals surface area contributed by atoms with Gasteiger partial charge in [-0.15, -0.1) is 0 Å². The lowest BCUT2D eigenvalue weighted by Crippen LogP contribution is -2.37. The van der Waals surface area contributed by atoms with Crippen LogP contribution >= 0.6 is 0 Å². The summed E-state index contributed by atoms with van der Waals surface area (Å²) in [5.74, 6) is 0.414. The van der Waals surface area contributed by atoms with E-state index in [0.717, 1.165) is 24.2 Å². The molecule has 0 bridgehead atoms. The van der Waals surface area contributed by atoms with Crippen LogP contribution in [0, 0.1) is 11.3 Å². The maximum Gasteiger partial charge on any atom is 0.270 e. The van der Waals surface area contributed by atoms with E-state index in [1.807, 2.05) is 36.1 Å². The molecular weight excluding hydrogens is 322 g/mol. The van der Waals surface area contributed by atoms with Crippen molar-refractivity contribution in [2.45, 2.75) is 39.7 Å². The second kappa shape index (κ2) is 7.32. The first kappa shape index (κ1) is 18.2. The summed E-state index contributed by atoms with van der Waals surface area (Å²) in [6.45, 7) is 10.6. The number of benzene rings is 1. The molecule has 2 heterocycles. The molecule has 3 rings (SSSR count). The highest BCUT2D eigenvalue weighted by Gasteiger charge is 2.35. The Morgan fingerprint density at radius 2 is 2.19 bits per heavy atom. The third kappa shape index (κ3) is 3.50. The predicted octanol–water partition coefficient (Wildman–Crippen LogP) is 4.10. The van der Waals surface area contributed by atoms with Crippen LogP contribution in [-0.2, 0) is 17.6 Å². The average molecular weight is 349 g/mol. The zero-order valence-corrected chi connectivity index (χ0v) is 15.8. The van der Waals surface area contributed by atoms with Crippen LogP contribution < -0.4 is 5.32 Å². The van der Waals surface area contributed by atoms with Gasteiger partial charge in [0.2, 0.25) is 0 Å². The number of hydrogen-bond acceptors (Lipinski definition) is 3. The summed E-state index contributed by atoms with van der Waals surface area (Å²) < 4.78 is 0. The van der Waals surface area contributed by atoms with Crippen LogP contribution in [0.15, 0.2) is 54.3 Å². The minimum atomic E-state index is 0.0573. The van der Waals surface area contributed by atoms with Crippen molar-refractivity contribution in [2.24, 2.45) is 5.92 Å². The van der Waals surface area contributed by atoms with E-state index in [0.29, 0.717) is 23.7 Å². The van der Waals surface area contributed by atoms with E-state index in [-0.39, 0.29) is 11.9 Å². The highest BCUT2D eigenvalue weighted by Crippen LogP contribution is 2.32. The van der Waals surface area contributed by atoms with Gasteiger partial charge in [-0.1, -0.05) is 43.9 Å². The van der Waals surface area contributed by atoms with Gasteiger partial charge in [-0.25, -0.2) is 0 Å². The number of hydrogen-bond donors (Lipinski definition) is 2. The third-order valence-corrected chi connectivity index (χ3v) is 5.23. The van der Waals surface area contributed by atoms with Crippen molar-refractivity contribution < 1.29 is 4.79 Å². The highest BCUT2D eigenvalue weighted by molar-refractivity contribution is 5.98. The van der Waals surface area contributed by atoms with E-state index in [2.05, 4.69) is 31.8 Å². The summed E-state index contributed by atoms with van der Waals surface area (Å²) in [4.78, 5) is 15.0. The molecule has 4 nitrogen and oxygen atoms in total. The third-order valence-electron chi connectivity index (χ3n) is 5.23. The van der Waals surface area contributed by atoms with Crippen LogP contribution in [0.5, 0.6) is 0 Å². The zero-order valence-electron chi connectivity index (χ0n) is 15.8. The first-order valence-electron chi connectivity index (χ1n) is 9.17. The Labute approximate surface area is 155 Å². The molecule has 1 aromatic rings.